The van der Waals surface area contributed by atoms with Crippen LogP contribution < -0.4 is 4.65 Å². The van der Waals surface area contributed by atoms with E-state index in [9.17, 15) is 14.7 Å². The molecule has 1 amide bonds. The molecule has 1 N–H and O–H groups in total. The quantitative estimate of drug-likeness (QED) is 0.150. The van der Waals surface area contributed by atoms with E-state index in [1.165, 1.54) is 6.07 Å². The number of benzene rings is 6. The van der Waals surface area contributed by atoms with Crippen LogP contribution in [0.1, 0.15) is 58.9 Å². The summed E-state index contributed by atoms with van der Waals surface area (Å²) in [7, 11) is 0. The van der Waals surface area contributed by atoms with Gasteiger partial charge in [-0.3, -0.25) is 4.79 Å². The van der Waals surface area contributed by atoms with Crippen molar-refractivity contribution in [3.63, 3.8) is 0 Å². The molecule has 1 atom stereocenters. The van der Waals surface area contributed by atoms with Gasteiger partial charge in [-0.2, -0.15) is 0 Å². The van der Waals surface area contributed by atoms with Crippen LogP contribution in [0.5, 0.6) is 0 Å². The summed E-state index contributed by atoms with van der Waals surface area (Å²) < 4.78 is -1.56. The Labute approximate surface area is 271 Å². The second kappa shape index (κ2) is 10.8. The first kappa shape index (κ1) is 28.5. The van der Waals surface area contributed by atoms with E-state index in [1.54, 1.807) is 78.9 Å². The van der Waals surface area contributed by atoms with Gasteiger partial charge in [-0.05, 0) is 51.9 Å². The number of carbonyl (C=O) groups excluding carboxylic acids is 2. The summed E-state index contributed by atoms with van der Waals surface area (Å²) in [6.45, 7) is 0. The molecule has 2 aliphatic carbocycles. The molecule has 2 aliphatic rings. The normalized spacial score (nSPS) is 13.7. The lowest BCUT2D eigenvalue weighted by atomic mass is 9.94. The zero-order valence-corrected chi connectivity index (χ0v) is 25.1. The van der Waals surface area contributed by atoms with Crippen LogP contribution in [0.15, 0.2) is 133 Å². The number of amides is 1. The second-order valence-electron chi connectivity index (χ2n) is 11.9. The fourth-order valence-corrected chi connectivity index (χ4v) is 7.26. The van der Waals surface area contributed by atoms with E-state index < -0.39 is 16.5 Å². The summed E-state index contributed by atoms with van der Waals surface area (Å²) in [5.41, 5.74) is 7.17. The number of hydrogen-bond donors (Lipinski definition) is 1. The largest absolute Gasteiger partial charge is 0.614 e. The van der Waals surface area contributed by atoms with Gasteiger partial charge in [0.05, 0.1) is 16.7 Å². The van der Waals surface area contributed by atoms with Gasteiger partial charge in [-0.1, -0.05) is 109 Å². The van der Waals surface area contributed by atoms with Crippen LogP contribution in [-0.4, -0.2) is 22.8 Å². The van der Waals surface area contributed by atoms with Gasteiger partial charge in [0.1, 0.15) is 5.69 Å². The van der Waals surface area contributed by atoms with Gasteiger partial charge < -0.3 is 10.3 Å². The molecule has 6 heteroatoms. The van der Waals surface area contributed by atoms with Crippen LogP contribution in [0, 0.1) is 5.21 Å². The summed E-state index contributed by atoms with van der Waals surface area (Å²) in [4.78, 5) is 41.4. The van der Waals surface area contributed by atoms with Crippen molar-refractivity contribution in [1.82, 2.24) is 4.65 Å². The van der Waals surface area contributed by atoms with Crippen LogP contribution in [0.25, 0.3) is 22.3 Å². The minimum Gasteiger partial charge on any atom is -0.614 e. The predicted molar refractivity (Wildman–Crippen MR) is 182 cm³/mol. The van der Waals surface area contributed by atoms with Gasteiger partial charge in [0, 0.05) is 35.2 Å². The Bertz CT molecular complexity index is 2300. The molecule has 0 fully saturated rings. The molecular formula is C41H27NO5. The van der Waals surface area contributed by atoms with Crippen molar-refractivity contribution in [1.29, 1.82) is 0 Å². The lowest BCUT2D eigenvalue weighted by molar-refractivity contribution is 0.0695. The first-order valence-electron chi connectivity index (χ1n) is 15.4. The van der Waals surface area contributed by atoms with Crippen molar-refractivity contribution in [2.24, 2.45) is 0 Å². The number of quaternary nitrogens is 1. The number of hydroxylamine groups is 1. The van der Waals surface area contributed by atoms with Gasteiger partial charge in [-0.15, -0.1) is 0 Å². The van der Waals surface area contributed by atoms with E-state index in [-0.39, 0.29) is 40.3 Å². The standard InChI is InChI=1S/C41H27NO5/c43-39-33-18-7-6-17-31(33)32-19-10-22-36(38(32)39)42(47,35-21-8-3-13-27(35)23-26-12-2-5-16-30(26)41(45)46)40(44)34-20-9-14-28-24-25-11-1-4-15-29(25)37(28)34/h1-22H,23-24H2,(H,45,46). The molecule has 0 bridgehead atoms. The molecule has 0 saturated heterocycles. The number of para-hydroxylation sites is 1. The molecule has 226 valence electrons. The Balaban J connectivity index is 1.39. The van der Waals surface area contributed by atoms with Crippen molar-refractivity contribution in [3.05, 3.63) is 183 Å². The highest BCUT2D eigenvalue weighted by Gasteiger charge is 2.44. The van der Waals surface area contributed by atoms with E-state index in [2.05, 4.69) is 0 Å². The molecule has 0 spiro atoms. The van der Waals surface area contributed by atoms with E-state index in [0.29, 0.717) is 34.2 Å². The van der Waals surface area contributed by atoms with E-state index in [0.717, 1.165) is 22.3 Å². The van der Waals surface area contributed by atoms with Gasteiger partial charge in [-0.25, -0.2) is 14.2 Å². The smallest absolute Gasteiger partial charge is 0.356 e. The number of carboxylic acid groups (broad SMARTS) is 1. The molecule has 0 aliphatic heterocycles. The summed E-state index contributed by atoms with van der Waals surface area (Å²) in [6, 6.07) is 39.1. The second-order valence-corrected chi connectivity index (χ2v) is 11.9. The SMILES string of the molecule is O=C(O)c1ccccc1Cc1ccccc1[N+]([O-])(C(=O)c1cccc2c1-c1ccccc1C2)c1cccc2c1C(=O)c1ccccc1-2. The highest BCUT2D eigenvalue weighted by Crippen LogP contribution is 2.49. The Kier molecular flexibility index (Phi) is 6.58. The average Bonchev–Trinajstić information content (AvgIpc) is 3.63. The lowest BCUT2D eigenvalue weighted by Crippen LogP contribution is -2.46. The van der Waals surface area contributed by atoms with Crippen LogP contribution >= 0.6 is 0 Å². The van der Waals surface area contributed by atoms with Crippen molar-refractivity contribution >= 4 is 29.0 Å². The number of nitrogens with zero attached hydrogens (tertiary/aromatic N) is 1. The molecule has 6 nitrogen and oxygen atoms in total. The van der Waals surface area contributed by atoms with Crippen LogP contribution in [0.2, 0.25) is 0 Å². The minimum atomic E-state index is -1.56. The van der Waals surface area contributed by atoms with Gasteiger partial charge in [0.25, 0.3) is 0 Å². The monoisotopic (exact) mass is 613 g/mol. The van der Waals surface area contributed by atoms with E-state index in [1.807, 2.05) is 48.5 Å². The zero-order valence-electron chi connectivity index (χ0n) is 25.1. The first-order valence-corrected chi connectivity index (χ1v) is 15.4. The number of carbonyl (C=O) groups is 3. The molecule has 0 saturated carbocycles. The molecule has 0 heterocycles. The molecular weight excluding hydrogens is 586 g/mol. The average molecular weight is 614 g/mol. The number of fused-ring (bicyclic) bond motifs is 6. The Morgan fingerprint density at radius 2 is 1.15 bits per heavy atom. The van der Waals surface area contributed by atoms with Gasteiger partial charge in [0.15, 0.2) is 11.5 Å². The van der Waals surface area contributed by atoms with Gasteiger partial charge in [0.2, 0.25) is 0 Å². The summed E-state index contributed by atoms with van der Waals surface area (Å²) in [5.74, 6) is -2.12. The van der Waals surface area contributed by atoms with Crippen molar-refractivity contribution < 1.29 is 19.5 Å². The topological polar surface area (TPSA) is 94.5 Å². The van der Waals surface area contributed by atoms with Crippen LogP contribution in [0.4, 0.5) is 11.4 Å². The predicted octanol–water partition coefficient (Wildman–Crippen LogP) is 8.74. The van der Waals surface area contributed by atoms with Crippen molar-refractivity contribution in [3.8, 4) is 22.3 Å². The van der Waals surface area contributed by atoms with Crippen LogP contribution in [0.3, 0.4) is 0 Å². The lowest BCUT2D eigenvalue weighted by Gasteiger charge is -2.41. The number of carboxylic acids is 1. The van der Waals surface area contributed by atoms with Crippen molar-refractivity contribution in [2.75, 3.05) is 0 Å². The maximum absolute atomic E-state index is 16.1. The van der Waals surface area contributed by atoms with Gasteiger partial charge >= 0.3 is 11.9 Å². The number of aromatic carboxylic acids is 1. The third kappa shape index (κ3) is 4.31. The Hall–Kier alpha value is -5.95. The molecule has 47 heavy (non-hydrogen) atoms. The summed E-state index contributed by atoms with van der Waals surface area (Å²) in [5, 5.41) is 26.0. The maximum Gasteiger partial charge on any atom is 0.356 e. The number of rotatable bonds is 6. The zero-order chi connectivity index (χ0) is 32.3. The fourth-order valence-electron chi connectivity index (χ4n) is 7.26. The fraction of sp³-hybridized carbons (Fsp3) is 0.0488. The minimum absolute atomic E-state index is 0.0246. The number of ketones is 1. The molecule has 6 aromatic carbocycles. The third-order valence-corrected chi connectivity index (χ3v) is 9.36. The molecule has 8 rings (SSSR count). The van der Waals surface area contributed by atoms with Crippen molar-refractivity contribution in [2.45, 2.75) is 12.8 Å². The summed E-state index contributed by atoms with van der Waals surface area (Å²) in [6.07, 6.45) is 0.732. The third-order valence-electron chi connectivity index (χ3n) is 9.36. The highest BCUT2D eigenvalue weighted by molar-refractivity contribution is 6.26. The first-order chi connectivity index (χ1) is 22.9. The molecule has 6 aromatic rings. The Morgan fingerprint density at radius 1 is 0.574 bits per heavy atom. The van der Waals surface area contributed by atoms with Crippen LogP contribution in [-0.2, 0) is 12.8 Å². The van der Waals surface area contributed by atoms with E-state index in [4.69, 9.17) is 0 Å². The number of hydrogen-bond acceptors (Lipinski definition) is 4. The Morgan fingerprint density at radius 3 is 1.96 bits per heavy atom. The molecule has 0 aromatic heterocycles. The summed E-state index contributed by atoms with van der Waals surface area (Å²) >= 11 is 0. The molecule has 0 radical (unpaired) electrons. The maximum atomic E-state index is 16.1. The van der Waals surface area contributed by atoms with E-state index >= 15 is 10.0 Å². The highest BCUT2D eigenvalue weighted by atomic mass is 16.6. The molecule has 1 unspecified atom stereocenters.